The van der Waals surface area contributed by atoms with Crippen LogP contribution in [0.4, 0.5) is 5.82 Å². The molecule has 1 aliphatic heterocycles. The predicted molar refractivity (Wildman–Crippen MR) is 123 cm³/mol. The number of amides is 1. The van der Waals surface area contributed by atoms with Gasteiger partial charge in [0.15, 0.2) is 17.3 Å². The summed E-state index contributed by atoms with van der Waals surface area (Å²) in [5.74, 6) is 8.06. The van der Waals surface area contributed by atoms with Crippen LogP contribution in [0.25, 0.3) is 10.9 Å². The third-order valence-electron chi connectivity index (χ3n) is 5.14. The SMILES string of the molecule is O=C(Cc1ccc2c(c1)OCCCO2)Nc1n[nH]c2cccc(C#Cc3ccccc3)c12. The van der Waals surface area contributed by atoms with Gasteiger partial charge in [0.2, 0.25) is 5.91 Å². The molecule has 2 N–H and O–H groups in total. The van der Waals surface area contributed by atoms with Gasteiger partial charge < -0.3 is 14.8 Å². The molecule has 6 nitrogen and oxygen atoms in total. The number of carbonyl (C=O) groups excluding carboxylic acids is 1. The maximum absolute atomic E-state index is 12.8. The molecule has 0 saturated carbocycles. The first kappa shape index (κ1) is 19.7. The summed E-state index contributed by atoms with van der Waals surface area (Å²) in [4.78, 5) is 12.8. The highest BCUT2D eigenvalue weighted by Crippen LogP contribution is 2.31. The minimum absolute atomic E-state index is 0.168. The number of hydrogen-bond acceptors (Lipinski definition) is 4. The molecule has 158 valence electrons. The molecule has 0 saturated heterocycles. The monoisotopic (exact) mass is 423 g/mol. The van der Waals surface area contributed by atoms with Crippen molar-refractivity contribution in [1.29, 1.82) is 0 Å². The standard InChI is InChI=1S/C26H21N3O3/c30-24(17-19-11-13-22-23(16-19)32-15-5-14-31-22)27-26-25-20(8-4-9-21(25)28-29-26)12-10-18-6-2-1-3-7-18/h1-4,6-9,11,13,16H,5,14-15,17H2,(H2,27,28,29,30). The first-order valence-corrected chi connectivity index (χ1v) is 10.5. The minimum atomic E-state index is -0.168. The van der Waals surface area contributed by atoms with E-state index in [-0.39, 0.29) is 12.3 Å². The predicted octanol–water partition coefficient (Wildman–Crippen LogP) is 4.31. The lowest BCUT2D eigenvalue weighted by molar-refractivity contribution is -0.115. The summed E-state index contributed by atoms with van der Waals surface area (Å²) in [5, 5.41) is 11.0. The van der Waals surface area contributed by atoms with Gasteiger partial charge >= 0.3 is 0 Å². The Morgan fingerprint density at radius 2 is 1.81 bits per heavy atom. The van der Waals surface area contributed by atoms with E-state index < -0.39 is 0 Å². The molecule has 1 aliphatic rings. The number of H-pyrrole nitrogens is 1. The van der Waals surface area contributed by atoms with E-state index in [1.807, 2.05) is 66.7 Å². The van der Waals surface area contributed by atoms with Crippen LogP contribution in [0.5, 0.6) is 11.5 Å². The summed E-state index contributed by atoms with van der Waals surface area (Å²) in [6, 6.07) is 21.1. The number of aromatic nitrogens is 2. The number of nitrogens with zero attached hydrogens (tertiary/aromatic N) is 1. The zero-order valence-corrected chi connectivity index (χ0v) is 17.4. The van der Waals surface area contributed by atoms with Crippen LogP contribution in [0.3, 0.4) is 0 Å². The van der Waals surface area contributed by atoms with Gasteiger partial charge in [-0.1, -0.05) is 42.2 Å². The summed E-state index contributed by atoms with van der Waals surface area (Å²) >= 11 is 0. The number of fused-ring (bicyclic) bond motifs is 2. The Morgan fingerprint density at radius 3 is 2.69 bits per heavy atom. The van der Waals surface area contributed by atoms with E-state index in [0.29, 0.717) is 30.5 Å². The first-order chi connectivity index (χ1) is 15.8. The van der Waals surface area contributed by atoms with E-state index in [1.165, 1.54) is 0 Å². The fraction of sp³-hybridized carbons (Fsp3) is 0.154. The molecule has 1 aromatic heterocycles. The zero-order valence-electron chi connectivity index (χ0n) is 17.4. The third-order valence-corrected chi connectivity index (χ3v) is 5.14. The highest BCUT2D eigenvalue weighted by molar-refractivity contribution is 6.02. The van der Waals surface area contributed by atoms with E-state index >= 15 is 0 Å². The average molecular weight is 423 g/mol. The number of carbonyl (C=O) groups is 1. The molecule has 0 bridgehead atoms. The molecule has 6 heteroatoms. The Bertz CT molecular complexity index is 1330. The second kappa shape index (κ2) is 8.86. The zero-order chi connectivity index (χ0) is 21.8. The quantitative estimate of drug-likeness (QED) is 0.482. The van der Waals surface area contributed by atoms with Crippen LogP contribution in [0.2, 0.25) is 0 Å². The van der Waals surface area contributed by atoms with Gasteiger partial charge in [-0.05, 0) is 42.0 Å². The fourth-order valence-electron chi connectivity index (χ4n) is 3.61. The lowest BCUT2D eigenvalue weighted by Crippen LogP contribution is -2.15. The van der Waals surface area contributed by atoms with Gasteiger partial charge in [-0.2, -0.15) is 5.10 Å². The van der Waals surface area contributed by atoms with Gasteiger partial charge in [0.1, 0.15) is 0 Å². The van der Waals surface area contributed by atoms with Crippen molar-refractivity contribution in [3.05, 3.63) is 83.4 Å². The average Bonchev–Trinajstić information content (AvgIpc) is 3.07. The van der Waals surface area contributed by atoms with E-state index in [9.17, 15) is 4.79 Å². The van der Waals surface area contributed by atoms with Crippen molar-refractivity contribution in [2.24, 2.45) is 0 Å². The first-order valence-electron chi connectivity index (χ1n) is 10.5. The van der Waals surface area contributed by atoms with E-state index in [0.717, 1.165) is 34.0 Å². The molecule has 0 aliphatic carbocycles. The van der Waals surface area contributed by atoms with Crippen molar-refractivity contribution in [2.75, 3.05) is 18.5 Å². The Kier molecular flexibility index (Phi) is 5.46. The molecule has 0 spiro atoms. The molecule has 5 rings (SSSR count). The molecule has 3 aromatic carbocycles. The van der Waals surface area contributed by atoms with Crippen LogP contribution in [0.15, 0.2) is 66.7 Å². The van der Waals surface area contributed by atoms with Crippen molar-refractivity contribution in [2.45, 2.75) is 12.8 Å². The maximum Gasteiger partial charge on any atom is 0.230 e. The number of benzene rings is 3. The van der Waals surface area contributed by atoms with Crippen molar-refractivity contribution < 1.29 is 14.3 Å². The molecule has 0 atom stereocenters. The van der Waals surface area contributed by atoms with E-state index in [2.05, 4.69) is 27.4 Å². The Hall–Kier alpha value is -4.24. The molecule has 0 fully saturated rings. The van der Waals surface area contributed by atoms with Gasteiger partial charge in [-0.3, -0.25) is 9.89 Å². The summed E-state index contributed by atoms with van der Waals surface area (Å²) in [6.45, 7) is 1.24. The highest BCUT2D eigenvalue weighted by Gasteiger charge is 2.15. The number of nitrogens with one attached hydrogen (secondary N) is 2. The Balaban J connectivity index is 1.37. The summed E-state index contributed by atoms with van der Waals surface area (Å²) in [7, 11) is 0. The number of aromatic amines is 1. The van der Waals surface area contributed by atoms with Crippen molar-refractivity contribution in [3.63, 3.8) is 0 Å². The third kappa shape index (κ3) is 4.28. The lowest BCUT2D eigenvalue weighted by Gasteiger charge is -2.09. The van der Waals surface area contributed by atoms with Crippen molar-refractivity contribution in [3.8, 4) is 23.3 Å². The number of anilines is 1. The summed E-state index contributed by atoms with van der Waals surface area (Å²) < 4.78 is 11.4. The van der Waals surface area contributed by atoms with Crippen molar-refractivity contribution >= 4 is 22.6 Å². The summed E-state index contributed by atoms with van der Waals surface area (Å²) in [5.41, 5.74) is 3.38. The van der Waals surface area contributed by atoms with Crippen LogP contribution in [-0.2, 0) is 11.2 Å². The minimum Gasteiger partial charge on any atom is -0.490 e. The van der Waals surface area contributed by atoms with Gasteiger partial charge in [-0.15, -0.1) is 0 Å². The molecule has 32 heavy (non-hydrogen) atoms. The van der Waals surface area contributed by atoms with Crippen LogP contribution in [0, 0.1) is 11.8 Å². The molecular formula is C26H21N3O3. The maximum atomic E-state index is 12.8. The van der Waals surface area contributed by atoms with E-state index in [1.54, 1.807) is 0 Å². The van der Waals surface area contributed by atoms with Crippen LogP contribution in [0.1, 0.15) is 23.1 Å². The van der Waals surface area contributed by atoms with Gasteiger partial charge in [-0.25, -0.2) is 0 Å². The fourth-order valence-corrected chi connectivity index (χ4v) is 3.61. The van der Waals surface area contributed by atoms with Crippen LogP contribution < -0.4 is 14.8 Å². The Labute approximate surface area is 185 Å². The molecule has 1 amide bonds. The van der Waals surface area contributed by atoms with Gasteiger partial charge in [0.25, 0.3) is 0 Å². The number of hydrogen-bond donors (Lipinski definition) is 2. The molecule has 0 radical (unpaired) electrons. The number of ether oxygens (including phenoxy) is 2. The smallest absolute Gasteiger partial charge is 0.230 e. The normalized spacial score (nSPS) is 12.5. The molecule has 0 unspecified atom stereocenters. The van der Waals surface area contributed by atoms with Crippen LogP contribution >= 0.6 is 0 Å². The lowest BCUT2D eigenvalue weighted by atomic mass is 10.1. The van der Waals surface area contributed by atoms with Gasteiger partial charge in [0, 0.05) is 17.5 Å². The molecular weight excluding hydrogens is 402 g/mol. The Morgan fingerprint density at radius 1 is 0.969 bits per heavy atom. The number of rotatable bonds is 3. The second-order valence-corrected chi connectivity index (χ2v) is 7.47. The topological polar surface area (TPSA) is 76.2 Å². The van der Waals surface area contributed by atoms with Crippen molar-refractivity contribution in [1.82, 2.24) is 10.2 Å². The van der Waals surface area contributed by atoms with Gasteiger partial charge in [0.05, 0.1) is 30.5 Å². The van der Waals surface area contributed by atoms with Crippen LogP contribution in [-0.4, -0.2) is 29.3 Å². The van der Waals surface area contributed by atoms with E-state index in [4.69, 9.17) is 9.47 Å². The molecule has 2 heterocycles. The second-order valence-electron chi connectivity index (χ2n) is 7.47. The highest BCUT2D eigenvalue weighted by atomic mass is 16.5. The summed E-state index contributed by atoms with van der Waals surface area (Å²) in [6.07, 6.45) is 1.04. The molecule has 4 aromatic rings. The largest absolute Gasteiger partial charge is 0.490 e.